The van der Waals surface area contributed by atoms with Crippen LogP contribution in [-0.2, 0) is 14.8 Å². The summed E-state index contributed by atoms with van der Waals surface area (Å²) in [5.74, 6) is 0.351. The van der Waals surface area contributed by atoms with Gasteiger partial charge >= 0.3 is 0 Å². The second-order valence-electron chi connectivity index (χ2n) is 6.74. The molecule has 3 heterocycles. The van der Waals surface area contributed by atoms with Gasteiger partial charge in [0.05, 0.1) is 0 Å². The molecule has 2 aliphatic rings. The molecule has 2 fully saturated rings. The fraction of sp³-hybridized carbons (Fsp3) is 0.733. The summed E-state index contributed by atoms with van der Waals surface area (Å²) in [5.41, 5.74) is 0.0712. The van der Waals surface area contributed by atoms with Crippen molar-refractivity contribution >= 4 is 15.9 Å². The molecule has 2 saturated heterocycles. The number of sulfonamides is 1. The topological polar surface area (TPSA) is 95.8 Å². The van der Waals surface area contributed by atoms with E-state index < -0.39 is 10.0 Å². The molecule has 1 N–H and O–H groups in total. The van der Waals surface area contributed by atoms with Gasteiger partial charge in [-0.2, -0.15) is 4.31 Å². The van der Waals surface area contributed by atoms with Crippen LogP contribution >= 0.6 is 0 Å². The standard InChI is InChI=1S/C15H24N4O4S/c1-11-14(12(2)23-17-11)24(21,22)19-9-8-18(3)15(10-19)5-4-13(20)16-7-6-15/h4-10H2,1-3H3,(H,16,20)/t15-/m1/s1. The number of amides is 1. The summed E-state index contributed by atoms with van der Waals surface area (Å²) in [6, 6.07) is 0. The summed E-state index contributed by atoms with van der Waals surface area (Å²) in [5, 5.41) is 6.65. The molecule has 1 atom stereocenters. The lowest BCUT2D eigenvalue weighted by Gasteiger charge is -2.48. The van der Waals surface area contributed by atoms with Gasteiger partial charge in [-0.25, -0.2) is 8.42 Å². The lowest BCUT2D eigenvalue weighted by Crippen LogP contribution is -2.62. The summed E-state index contributed by atoms with van der Waals surface area (Å²) in [6.07, 6.45) is 1.81. The third-order valence-corrected chi connectivity index (χ3v) is 7.35. The molecule has 1 spiro atoms. The summed E-state index contributed by atoms with van der Waals surface area (Å²) in [4.78, 5) is 14.1. The Kier molecular flexibility index (Phi) is 4.43. The lowest BCUT2D eigenvalue weighted by atomic mass is 9.87. The van der Waals surface area contributed by atoms with Gasteiger partial charge in [0.2, 0.25) is 15.9 Å². The van der Waals surface area contributed by atoms with Crippen molar-refractivity contribution in [2.45, 2.75) is 43.5 Å². The molecule has 24 heavy (non-hydrogen) atoms. The lowest BCUT2D eigenvalue weighted by molar-refractivity contribution is -0.121. The van der Waals surface area contributed by atoms with Gasteiger partial charge in [0.25, 0.3) is 0 Å². The van der Waals surface area contributed by atoms with Crippen molar-refractivity contribution in [1.29, 1.82) is 0 Å². The van der Waals surface area contributed by atoms with Crippen LogP contribution in [-0.4, -0.2) is 67.5 Å². The average molecular weight is 356 g/mol. The zero-order valence-corrected chi connectivity index (χ0v) is 15.1. The zero-order valence-electron chi connectivity index (χ0n) is 14.3. The quantitative estimate of drug-likeness (QED) is 0.817. The molecular weight excluding hydrogens is 332 g/mol. The van der Waals surface area contributed by atoms with E-state index in [1.807, 2.05) is 7.05 Å². The average Bonchev–Trinajstić information content (AvgIpc) is 2.75. The predicted octanol–water partition coefficient (Wildman–Crippen LogP) is 0.266. The van der Waals surface area contributed by atoms with Crippen LogP contribution in [0.1, 0.15) is 30.7 Å². The highest BCUT2D eigenvalue weighted by atomic mass is 32.2. The Morgan fingerprint density at radius 3 is 2.67 bits per heavy atom. The fourth-order valence-electron chi connectivity index (χ4n) is 3.74. The van der Waals surface area contributed by atoms with E-state index in [4.69, 9.17) is 4.52 Å². The minimum absolute atomic E-state index is 0.0333. The van der Waals surface area contributed by atoms with Gasteiger partial charge in [0, 0.05) is 38.1 Å². The smallest absolute Gasteiger partial charge is 0.248 e. The van der Waals surface area contributed by atoms with Gasteiger partial charge in [0.15, 0.2) is 5.76 Å². The van der Waals surface area contributed by atoms with Gasteiger partial charge in [-0.05, 0) is 33.7 Å². The first-order valence-electron chi connectivity index (χ1n) is 8.17. The Hall–Kier alpha value is -1.45. The molecule has 1 aromatic rings. The first kappa shape index (κ1) is 17.4. The molecule has 9 heteroatoms. The zero-order chi connectivity index (χ0) is 17.5. The van der Waals surface area contributed by atoms with E-state index in [-0.39, 0.29) is 16.3 Å². The van der Waals surface area contributed by atoms with Crippen LogP contribution in [0.5, 0.6) is 0 Å². The number of rotatable bonds is 2. The molecule has 134 valence electrons. The van der Waals surface area contributed by atoms with Crippen LogP contribution in [0, 0.1) is 13.8 Å². The Morgan fingerprint density at radius 2 is 2.00 bits per heavy atom. The van der Waals surface area contributed by atoms with E-state index in [1.54, 1.807) is 13.8 Å². The Bertz CT molecular complexity index is 725. The van der Waals surface area contributed by atoms with Crippen molar-refractivity contribution in [3.05, 3.63) is 11.5 Å². The largest absolute Gasteiger partial charge is 0.360 e. The van der Waals surface area contributed by atoms with Crippen molar-refractivity contribution in [2.75, 3.05) is 33.2 Å². The van der Waals surface area contributed by atoms with Crippen LogP contribution < -0.4 is 5.32 Å². The van der Waals surface area contributed by atoms with Gasteiger partial charge in [-0.3, -0.25) is 9.69 Å². The summed E-state index contributed by atoms with van der Waals surface area (Å²) < 4.78 is 32.8. The number of aromatic nitrogens is 1. The SMILES string of the molecule is Cc1noc(C)c1S(=O)(=O)N1CCN(C)[C@]2(CCNC(=O)CC2)C1. The van der Waals surface area contributed by atoms with Crippen LogP contribution in [0.25, 0.3) is 0 Å². The maximum atomic E-state index is 13.1. The third kappa shape index (κ3) is 2.84. The normalized spacial score (nSPS) is 27.2. The maximum Gasteiger partial charge on any atom is 0.248 e. The van der Waals surface area contributed by atoms with Crippen molar-refractivity contribution < 1.29 is 17.7 Å². The number of piperazine rings is 1. The summed E-state index contributed by atoms with van der Waals surface area (Å²) in [7, 11) is -1.65. The molecule has 1 amide bonds. The van der Waals surface area contributed by atoms with E-state index in [2.05, 4.69) is 15.4 Å². The molecular formula is C15H24N4O4S. The minimum atomic E-state index is -3.66. The second-order valence-corrected chi connectivity index (χ2v) is 8.61. The number of nitrogens with zero attached hydrogens (tertiary/aromatic N) is 3. The molecule has 2 aliphatic heterocycles. The number of carbonyl (C=O) groups excluding carboxylic acids is 1. The first-order chi connectivity index (χ1) is 11.3. The van der Waals surface area contributed by atoms with Gasteiger partial charge < -0.3 is 9.84 Å². The van der Waals surface area contributed by atoms with Crippen LogP contribution in [0.15, 0.2) is 9.42 Å². The van der Waals surface area contributed by atoms with Crippen molar-refractivity contribution in [1.82, 2.24) is 19.7 Å². The Morgan fingerprint density at radius 1 is 1.25 bits per heavy atom. The van der Waals surface area contributed by atoms with E-state index in [9.17, 15) is 13.2 Å². The number of nitrogens with one attached hydrogen (secondary N) is 1. The number of aryl methyl sites for hydroxylation is 2. The van der Waals surface area contributed by atoms with Gasteiger partial charge in [-0.15, -0.1) is 0 Å². The highest BCUT2D eigenvalue weighted by Crippen LogP contribution is 2.34. The van der Waals surface area contributed by atoms with E-state index in [0.29, 0.717) is 50.5 Å². The van der Waals surface area contributed by atoms with Crippen molar-refractivity contribution in [3.63, 3.8) is 0 Å². The number of likely N-dealkylation sites (N-methyl/N-ethyl adjacent to an activating group) is 1. The highest BCUT2D eigenvalue weighted by Gasteiger charge is 2.45. The number of hydrogen-bond donors (Lipinski definition) is 1. The Labute approximate surface area is 142 Å². The molecule has 3 rings (SSSR count). The number of hydrogen-bond acceptors (Lipinski definition) is 6. The molecule has 0 saturated carbocycles. The number of carbonyl (C=O) groups is 1. The second kappa shape index (κ2) is 6.12. The predicted molar refractivity (Wildman–Crippen MR) is 87.0 cm³/mol. The van der Waals surface area contributed by atoms with E-state index in [1.165, 1.54) is 4.31 Å². The molecule has 1 aromatic heterocycles. The van der Waals surface area contributed by atoms with E-state index in [0.717, 1.165) is 6.42 Å². The third-order valence-electron chi connectivity index (χ3n) is 5.26. The van der Waals surface area contributed by atoms with Crippen molar-refractivity contribution in [3.8, 4) is 0 Å². The molecule has 0 bridgehead atoms. The van der Waals surface area contributed by atoms with E-state index >= 15 is 0 Å². The van der Waals surface area contributed by atoms with Crippen LogP contribution in [0.4, 0.5) is 0 Å². The summed E-state index contributed by atoms with van der Waals surface area (Å²) in [6.45, 7) is 5.27. The molecule has 0 aromatic carbocycles. The van der Waals surface area contributed by atoms with Crippen LogP contribution in [0.3, 0.4) is 0 Å². The molecule has 0 radical (unpaired) electrons. The first-order valence-corrected chi connectivity index (χ1v) is 9.61. The monoisotopic (exact) mass is 356 g/mol. The molecule has 8 nitrogen and oxygen atoms in total. The van der Waals surface area contributed by atoms with Crippen LogP contribution in [0.2, 0.25) is 0 Å². The van der Waals surface area contributed by atoms with Gasteiger partial charge in [0.1, 0.15) is 10.6 Å². The van der Waals surface area contributed by atoms with Crippen molar-refractivity contribution in [2.24, 2.45) is 0 Å². The fourth-order valence-corrected chi connectivity index (χ4v) is 5.54. The highest BCUT2D eigenvalue weighted by molar-refractivity contribution is 7.89. The molecule has 0 aliphatic carbocycles. The Balaban J connectivity index is 1.91. The van der Waals surface area contributed by atoms with Gasteiger partial charge in [-0.1, -0.05) is 5.16 Å². The summed E-state index contributed by atoms with van der Waals surface area (Å²) >= 11 is 0. The maximum absolute atomic E-state index is 13.1. The molecule has 0 unspecified atom stereocenters. The minimum Gasteiger partial charge on any atom is -0.360 e.